The van der Waals surface area contributed by atoms with Crippen molar-refractivity contribution in [1.82, 2.24) is 0 Å². The third-order valence-corrected chi connectivity index (χ3v) is 12.7. The van der Waals surface area contributed by atoms with Gasteiger partial charge in [-0.2, -0.15) is 0 Å². The lowest BCUT2D eigenvalue weighted by molar-refractivity contribution is -0.0193. The largest absolute Gasteiger partial charge is 0.310 e. The molecule has 6 unspecified atom stereocenters. The Hall–Kier alpha value is -4.17. The van der Waals surface area contributed by atoms with Gasteiger partial charge in [-0.05, 0) is 143 Å². The van der Waals surface area contributed by atoms with Gasteiger partial charge in [-0.25, -0.2) is 4.39 Å². The van der Waals surface area contributed by atoms with Crippen LogP contribution in [0.3, 0.4) is 0 Å². The van der Waals surface area contributed by atoms with Crippen molar-refractivity contribution in [2.24, 2.45) is 29.1 Å². The Morgan fingerprint density at radius 1 is 0.659 bits per heavy atom. The normalized spacial score (nSPS) is 29.8. The summed E-state index contributed by atoms with van der Waals surface area (Å²) < 4.78 is 14.7. The summed E-state index contributed by atoms with van der Waals surface area (Å²) in [4.78, 5) is 2.43. The summed E-state index contributed by atoms with van der Waals surface area (Å²) in [7, 11) is 0. The Labute approximate surface area is 259 Å². The van der Waals surface area contributed by atoms with E-state index in [-0.39, 0.29) is 11.2 Å². The van der Waals surface area contributed by atoms with E-state index in [1.54, 1.807) is 11.6 Å². The molecule has 216 valence electrons. The van der Waals surface area contributed by atoms with Crippen LogP contribution in [0.25, 0.3) is 22.3 Å². The average molecular weight is 574 g/mol. The molecular formula is C42H36FN. The van der Waals surface area contributed by atoms with Crippen molar-refractivity contribution in [3.05, 3.63) is 138 Å². The van der Waals surface area contributed by atoms with Crippen LogP contribution in [0.5, 0.6) is 0 Å². The molecular weight excluding hydrogens is 537 g/mol. The molecule has 0 aromatic heterocycles. The lowest BCUT2D eigenvalue weighted by atomic mass is 9.49. The van der Waals surface area contributed by atoms with E-state index in [0.717, 1.165) is 23.2 Å². The quantitative estimate of drug-likeness (QED) is 0.207. The number of aryl methyl sites for hydroxylation is 1. The molecule has 4 fully saturated rings. The molecule has 5 aliphatic rings. The minimum absolute atomic E-state index is 0.0471. The molecule has 5 aliphatic carbocycles. The number of hydrogen-bond donors (Lipinski definition) is 0. The monoisotopic (exact) mass is 573 g/mol. The summed E-state index contributed by atoms with van der Waals surface area (Å²) in [6.45, 7) is 1.88. The van der Waals surface area contributed by atoms with E-state index < -0.39 is 0 Å². The Bertz CT molecular complexity index is 1960. The number of nitrogens with zero attached hydrogens (tertiary/aromatic N) is 1. The van der Waals surface area contributed by atoms with Crippen molar-refractivity contribution in [3.8, 4) is 22.3 Å². The number of fused-ring (bicyclic) bond motifs is 9. The first kappa shape index (κ1) is 25.2. The molecule has 5 aromatic carbocycles. The first-order valence-corrected chi connectivity index (χ1v) is 16.5. The van der Waals surface area contributed by atoms with Gasteiger partial charge in [0, 0.05) is 16.8 Å². The standard InChI is InChI=1S/C42H36FN/c1-26-20-33(18-19-37(26)43)44(32-16-14-29(15-17-32)28-8-3-2-4-9-28)38-13-7-11-35-34-10-5-6-12-36(34)42(40(35)38)31-22-27-21-30-23-39(42)41(30,24-27)25-31/h2-20,27,30-31,39H,21-25H2,1H3. The SMILES string of the molecule is Cc1cc(N(c2ccc(-c3ccccc3)cc2)c2cccc3c2C2(c4ccccc4-3)C3CC4CC5CC2C5(C4)C3)ccc1F. The first-order valence-electron chi connectivity index (χ1n) is 16.5. The van der Waals surface area contributed by atoms with Crippen LogP contribution in [0.1, 0.15) is 48.8 Å². The van der Waals surface area contributed by atoms with Crippen LogP contribution in [-0.4, -0.2) is 0 Å². The van der Waals surface area contributed by atoms with E-state index in [0.29, 0.717) is 22.8 Å². The molecule has 0 aliphatic heterocycles. The van der Waals surface area contributed by atoms with Gasteiger partial charge in [0.2, 0.25) is 0 Å². The van der Waals surface area contributed by atoms with Crippen molar-refractivity contribution >= 4 is 17.1 Å². The van der Waals surface area contributed by atoms with Crippen LogP contribution < -0.4 is 4.90 Å². The highest BCUT2D eigenvalue weighted by molar-refractivity contribution is 5.92. The van der Waals surface area contributed by atoms with Gasteiger partial charge in [0.15, 0.2) is 0 Å². The number of benzene rings is 5. The van der Waals surface area contributed by atoms with E-state index in [4.69, 9.17) is 0 Å². The summed E-state index contributed by atoms with van der Waals surface area (Å²) in [5, 5.41) is 0. The zero-order valence-electron chi connectivity index (χ0n) is 25.1. The second-order valence-electron chi connectivity index (χ2n) is 14.5. The van der Waals surface area contributed by atoms with Gasteiger partial charge >= 0.3 is 0 Å². The summed E-state index contributed by atoms with van der Waals surface area (Å²) in [5.41, 5.74) is 13.0. The predicted molar refractivity (Wildman–Crippen MR) is 177 cm³/mol. The van der Waals surface area contributed by atoms with Crippen molar-refractivity contribution in [2.45, 2.75) is 44.4 Å². The lowest BCUT2D eigenvalue weighted by Gasteiger charge is -2.55. The molecule has 4 saturated carbocycles. The fourth-order valence-electron chi connectivity index (χ4n) is 11.3. The summed E-state index contributed by atoms with van der Waals surface area (Å²) in [6.07, 6.45) is 7.03. The minimum Gasteiger partial charge on any atom is -0.310 e. The molecule has 1 nitrogen and oxygen atoms in total. The molecule has 0 N–H and O–H groups in total. The highest BCUT2D eigenvalue weighted by Crippen LogP contribution is 2.84. The van der Waals surface area contributed by atoms with Crippen LogP contribution in [0.4, 0.5) is 21.5 Å². The number of halogens is 1. The van der Waals surface area contributed by atoms with E-state index in [1.165, 1.54) is 65.6 Å². The second-order valence-corrected chi connectivity index (χ2v) is 14.5. The van der Waals surface area contributed by atoms with Gasteiger partial charge in [-0.15, -0.1) is 0 Å². The third kappa shape index (κ3) is 3.04. The molecule has 0 radical (unpaired) electrons. The van der Waals surface area contributed by atoms with Crippen LogP contribution in [0.15, 0.2) is 115 Å². The Kier molecular flexibility index (Phi) is 4.99. The zero-order chi connectivity index (χ0) is 29.2. The number of anilines is 3. The first-order chi connectivity index (χ1) is 21.6. The van der Waals surface area contributed by atoms with Gasteiger partial charge in [-0.1, -0.05) is 78.9 Å². The molecule has 6 atom stereocenters. The number of rotatable bonds is 4. The molecule has 44 heavy (non-hydrogen) atoms. The molecule has 0 saturated heterocycles. The molecule has 0 amide bonds. The fraction of sp³-hybridized carbons (Fsp3) is 0.286. The van der Waals surface area contributed by atoms with Crippen molar-refractivity contribution < 1.29 is 4.39 Å². The molecule has 2 spiro atoms. The van der Waals surface area contributed by atoms with Crippen molar-refractivity contribution in [3.63, 3.8) is 0 Å². The van der Waals surface area contributed by atoms with Crippen LogP contribution in [0, 0.1) is 41.8 Å². The molecule has 10 rings (SSSR count). The number of hydrogen-bond acceptors (Lipinski definition) is 1. The van der Waals surface area contributed by atoms with Gasteiger partial charge < -0.3 is 4.90 Å². The highest BCUT2D eigenvalue weighted by Gasteiger charge is 2.77. The van der Waals surface area contributed by atoms with Crippen LogP contribution >= 0.6 is 0 Å². The second kappa shape index (κ2) is 8.72. The Morgan fingerprint density at radius 2 is 1.39 bits per heavy atom. The van der Waals surface area contributed by atoms with E-state index in [9.17, 15) is 4.39 Å². The summed E-state index contributed by atoms with van der Waals surface area (Å²) in [6, 6.07) is 41.5. The van der Waals surface area contributed by atoms with Crippen molar-refractivity contribution in [1.29, 1.82) is 0 Å². The third-order valence-electron chi connectivity index (χ3n) is 12.7. The highest BCUT2D eigenvalue weighted by atomic mass is 19.1. The Balaban J connectivity index is 1.22. The topological polar surface area (TPSA) is 3.24 Å². The maximum absolute atomic E-state index is 14.7. The average Bonchev–Trinajstić information content (AvgIpc) is 3.52. The minimum atomic E-state index is -0.157. The van der Waals surface area contributed by atoms with Gasteiger partial charge in [0.05, 0.1) is 5.69 Å². The molecule has 5 aromatic rings. The van der Waals surface area contributed by atoms with Crippen LogP contribution in [0.2, 0.25) is 0 Å². The van der Waals surface area contributed by atoms with Gasteiger partial charge in [0.1, 0.15) is 5.82 Å². The smallest absolute Gasteiger partial charge is 0.126 e. The predicted octanol–water partition coefficient (Wildman–Crippen LogP) is 11.0. The fourth-order valence-corrected chi connectivity index (χ4v) is 11.3. The van der Waals surface area contributed by atoms with Gasteiger partial charge in [0.25, 0.3) is 0 Å². The summed E-state index contributed by atoms with van der Waals surface area (Å²) in [5.74, 6) is 3.05. The maximum atomic E-state index is 14.7. The van der Waals surface area contributed by atoms with Gasteiger partial charge in [-0.3, -0.25) is 0 Å². The molecule has 2 heteroatoms. The molecule has 3 bridgehead atoms. The zero-order valence-corrected chi connectivity index (χ0v) is 25.1. The van der Waals surface area contributed by atoms with E-state index in [1.807, 2.05) is 19.1 Å². The Morgan fingerprint density at radius 3 is 2.23 bits per heavy atom. The molecule has 0 heterocycles. The maximum Gasteiger partial charge on any atom is 0.126 e. The van der Waals surface area contributed by atoms with Crippen molar-refractivity contribution in [2.75, 3.05) is 4.90 Å². The summed E-state index contributed by atoms with van der Waals surface area (Å²) >= 11 is 0. The van der Waals surface area contributed by atoms with Crippen LogP contribution in [-0.2, 0) is 5.41 Å². The van der Waals surface area contributed by atoms with E-state index in [2.05, 4.69) is 102 Å². The lowest BCUT2D eigenvalue weighted by Crippen LogP contribution is -2.50. The van der Waals surface area contributed by atoms with E-state index >= 15 is 0 Å².